The van der Waals surface area contributed by atoms with Crippen molar-refractivity contribution in [2.45, 2.75) is 18.0 Å². The minimum Gasteiger partial charge on any atom is -0.494 e. The molecule has 1 aromatic heterocycles. The largest absolute Gasteiger partial charge is 0.494 e. The first-order chi connectivity index (χ1) is 10.0. The predicted octanol–water partition coefficient (Wildman–Crippen LogP) is 1.93. The highest BCUT2D eigenvalue weighted by Gasteiger charge is 2.31. The lowest BCUT2D eigenvalue weighted by Crippen LogP contribution is -2.25. The van der Waals surface area contributed by atoms with E-state index in [2.05, 4.69) is 4.98 Å². The van der Waals surface area contributed by atoms with Crippen LogP contribution in [0.5, 0.6) is 5.75 Å². The Labute approximate surface area is 122 Å². The van der Waals surface area contributed by atoms with E-state index in [4.69, 9.17) is 4.74 Å². The van der Waals surface area contributed by atoms with Crippen LogP contribution in [0.3, 0.4) is 0 Å². The van der Waals surface area contributed by atoms with Crippen molar-refractivity contribution in [3.05, 3.63) is 53.6 Å². The molecule has 3 rings (SSSR count). The Kier molecular flexibility index (Phi) is 3.38. The van der Waals surface area contributed by atoms with Crippen LogP contribution in [0.4, 0.5) is 4.39 Å². The quantitative estimate of drug-likeness (QED) is 0.869. The van der Waals surface area contributed by atoms with Gasteiger partial charge < -0.3 is 4.74 Å². The van der Waals surface area contributed by atoms with Gasteiger partial charge in [-0.15, -0.1) is 0 Å². The number of halogens is 1. The molecule has 5 nitrogen and oxygen atoms in total. The van der Waals surface area contributed by atoms with Crippen LogP contribution >= 0.6 is 0 Å². The summed E-state index contributed by atoms with van der Waals surface area (Å²) >= 11 is 0. The van der Waals surface area contributed by atoms with Crippen molar-refractivity contribution in [3.63, 3.8) is 0 Å². The van der Waals surface area contributed by atoms with Gasteiger partial charge in [0, 0.05) is 12.7 Å². The number of fused-ring (bicyclic) bond motifs is 1. The number of aromatic nitrogens is 1. The first-order valence-electron chi connectivity index (χ1n) is 6.29. The number of methoxy groups -OCH3 is 1. The normalized spacial score (nSPS) is 15.0. The van der Waals surface area contributed by atoms with Gasteiger partial charge in [-0.3, -0.25) is 4.98 Å². The minimum atomic E-state index is -3.76. The average Bonchev–Trinajstić information content (AvgIpc) is 2.92. The summed E-state index contributed by atoms with van der Waals surface area (Å²) in [5, 5.41) is 0. The standard InChI is InChI=1S/C14H13FN2O3S/c1-20-14-5-4-11(7-12(14)15)21(18,19)17-8-10-3-2-6-16-13(10)9-17/h2-7H,8-9H2,1H3. The summed E-state index contributed by atoms with van der Waals surface area (Å²) in [4.78, 5) is 4.07. The lowest BCUT2D eigenvalue weighted by Gasteiger charge is -2.15. The third kappa shape index (κ3) is 2.38. The van der Waals surface area contributed by atoms with Crippen molar-refractivity contribution in [3.8, 4) is 5.75 Å². The maximum Gasteiger partial charge on any atom is 0.243 e. The molecule has 21 heavy (non-hydrogen) atoms. The number of hydrogen-bond acceptors (Lipinski definition) is 4. The fourth-order valence-electron chi connectivity index (χ4n) is 2.30. The third-order valence-electron chi connectivity index (χ3n) is 3.42. The minimum absolute atomic E-state index is 0.0142. The van der Waals surface area contributed by atoms with Crippen LogP contribution < -0.4 is 4.74 Å². The Balaban J connectivity index is 1.94. The Bertz CT molecular complexity index is 768. The second-order valence-corrected chi connectivity index (χ2v) is 6.62. The summed E-state index contributed by atoms with van der Waals surface area (Å²) in [5.41, 5.74) is 1.60. The summed E-state index contributed by atoms with van der Waals surface area (Å²) in [5.74, 6) is -0.686. The second kappa shape index (κ2) is 5.09. The fraction of sp³-hybridized carbons (Fsp3) is 0.214. The number of nitrogens with zero attached hydrogens (tertiary/aromatic N) is 2. The molecule has 1 aliphatic rings. The Morgan fingerprint density at radius 2 is 2.10 bits per heavy atom. The molecule has 0 saturated heterocycles. The molecule has 0 bridgehead atoms. The van der Waals surface area contributed by atoms with E-state index in [1.165, 1.54) is 23.5 Å². The molecular formula is C14H13FN2O3S. The maximum absolute atomic E-state index is 13.7. The Hall–Kier alpha value is -1.99. The van der Waals surface area contributed by atoms with Crippen LogP contribution in [-0.4, -0.2) is 24.8 Å². The highest BCUT2D eigenvalue weighted by atomic mass is 32.2. The van der Waals surface area contributed by atoms with E-state index in [1.54, 1.807) is 12.3 Å². The van der Waals surface area contributed by atoms with Crippen LogP contribution in [-0.2, 0) is 23.1 Å². The molecule has 0 aliphatic carbocycles. The fourth-order valence-corrected chi connectivity index (χ4v) is 3.69. The van der Waals surface area contributed by atoms with Crippen LogP contribution in [0.15, 0.2) is 41.4 Å². The molecule has 1 aromatic carbocycles. The molecule has 0 atom stereocenters. The van der Waals surface area contributed by atoms with Gasteiger partial charge >= 0.3 is 0 Å². The zero-order valence-electron chi connectivity index (χ0n) is 11.3. The van der Waals surface area contributed by atoms with E-state index >= 15 is 0 Å². The van der Waals surface area contributed by atoms with Gasteiger partial charge in [-0.25, -0.2) is 12.8 Å². The van der Waals surface area contributed by atoms with Gasteiger partial charge in [0.05, 0.1) is 24.2 Å². The molecule has 2 aromatic rings. The van der Waals surface area contributed by atoms with E-state index in [-0.39, 0.29) is 23.7 Å². The zero-order valence-corrected chi connectivity index (χ0v) is 12.1. The molecule has 0 amide bonds. The predicted molar refractivity (Wildman–Crippen MR) is 73.6 cm³/mol. The van der Waals surface area contributed by atoms with Gasteiger partial charge in [0.15, 0.2) is 11.6 Å². The van der Waals surface area contributed by atoms with Gasteiger partial charge in [-0.05, 0) is 29.8 Å². The summed E-state index contributed by atoms with van der Waals surface area (Å²) in [6.45, 7) is 0.450. The van der Waals surface area contributed by atoms with Crippen LogP contribution in [0.2, 0.25) is 0 Å². The highest BCUT2D eigenvalue weighted by Crippen LogP contribution is 2.29. The number of sulfonamides is 1. The van der Waals surface area contributed by atoms with Crippen molar-refractivity contribution in [1.82, 2.24) is 9.29 Å². The van der Waals surface area contributed by atoms with Gasteiger partial charge in [0.1, 0.15) is 0 Å². The van der Waals surface area contributed by atoms with Gasteiger partial charge in [-0.1, -0.05) is 6.07 Å². The van der Waals surface area contributed by atoms with E-state index in [0.717, 1.165) is 17.3 Å². The number of rotatable bonds is 3. The SMILES string of the molecule is COc1ccc(S(=O)(=O)N2Cc3cccnc3C2)cc1F. The summed E-state index contributed by atoms with van der Waals surface area (Å²) in [7, 11) is -2.43. The smallest absolute Gasteiger partial charge is 0.243 e. The van der Waals surface area contributed by atoms with Gasteiger partial charge in [-0.2, -0.15) is 4.31 Å². The highest BCUT2D eigenvalue weighted by molar-refractivity contribution is 7.89. The zero-order chi connectivity index (χ0) is 15.0. The molecular weight excluding hydrogens is 295 g/mol. The van der Waals surface area contributed by atoms with E-state index in [0.29, 0.717) is 0 Å². The Morgan fingerprint density at radius 3 is 2.76 bits per heavy atom. The van der Waals surface area contributed by atoms with Crippen molar-refractivity contribution in [2.24, 2.45) is 0 Å². The lowest BCUT2D eigenvalue weighted by molar-refractivity contribution is 0.385. The van der Waals surface area contributed by atoms with Crippen LogP contribution in [0, 0.1) is 5.82 Å². The topological polar surface area (TPSA) is 59.5 Å². The molecule has 0 spiro atoms. The molecule has 0 fully saturated rings. The number of ether oxygens (including phenoxy) is 1. The van der Waals surface area contributed by atoms with Crippen molar-refractivity contribution in [1.29, 1.82) is 0 Å². The number of hydrogen-bond donors (Lipinski definition) is 0. The summed E-state index contributed by atoms with van der Waals surface area (Å²) in [6.07, 6.45) is 1.63. The molecule has 0 radical (unpaired) electrons. The maximum atomic E-state index is 13.7. The number of benzene rings is 1. The first-order valence-corrected chi connectivity index (χ1v) is 7.73. The summed E-state index contributed by atoms with van der Waals surface area (Å²) < 4.78 is 44.9. The van der Waals surface area contributed by atoms with E-state index in [1.807, 2.05) is 6.07 Å². The molecule has 1 aliphatic heterocycles. The molecule has 7 heteroatoms. The lowest BCUT2D eigenvalue weighted by atomic mass is 10.2. The van der Waals surface area contributed by atoms with Crippen molar-refractivity contribution in [2.75, 3.05) is 7.11 Å². The van der Waals surface area contributed by atoms with Gasteiger partial charge in [0.2, 0.25) is 10.0 Å². The second-order valence-electron chi connectivity index (χ2n) is 4.68. The van der Waals surface area contributed by atoms with Crippen LogP contribution in [0.1, 0.15) is 11.3 Å². The van der Waals surface area contributed by atoms with E-state index < -0.39 is 15.8 Å². The van der Waals surface area contributed by atoms with Crippen LogP contribution in [0.25, 0.3) is 0 Å². The first kappa shape index (κ1) is 14.0. The third-order valence-corrected chi connectivity index (χ3v) is 5.21. The molecule has 2 heterocycles. The Morgan fingerprint density at radius 1 is 1.29 bits per heavy atom. The van der Waals surface area contributed by atoms with Gasteiger partial charge in [0.25, 0.3) is 0 Å². The van der Waals surface area contributed by atoms with Crippen molar-refractivity contribution < 1.29 is 17.5 Å². The average molecular weight is 308 g/mol. The van der Waals surface area contributed by atoms with E-state index in [9.17, 15) is 12.8 Å². The molecule has 0 saturated carbocycles. The number of pyridine rings is 1. The monoisotopic (exact) mass is 308 g/mol. The summed E-state index contributed by atoms with van der Waals surface area (Å²) in [6, 6.07) is 7.23. The molecule has 0 N–H and O–H groups in total. The molecule has 110 valence electrons. The van der Waals surface area contributed by atoms with Crippen molar-refractivity contribution >= 4 is 10.0 Å². The molecule has 0 unspecified atom stereocenters.